The van der Waals surface area contributed by atoms with Gasteiger partial charge in [0.05, 0.1) is 11.2 Å². The first kappa shape index (κ1) is 19.4. The Labute approximate surface area is 161 Å². The number of aliphatic hydroxyl groups is 1. The summed E-state index contributed by atoms with van der Waals surface area (Å²) in [4.78, 5) is 2.40. The number of rotatable bonds is 3. The largest absolute Gasteiger partial charge is 0.419 e. The molecule has 0 spiro atoms. The highest BCUT2D eigenvalue weighted by Crippen LogP contribution is 2.45. The molecule has 2 aliphatic heterocycles. The number of alkyl halides is 3. The summed E-state index contributed by atoms with van der Waals surface area (Å²) in [5.41, 5.74) is -1.14. The second-order valence-electron chi connectivity index (χ2n) is 8.03. The van der Waals surface area contributed by atoms with Crippen molar-refractivity contribution in [3.8, 4) is 0 Å². The molecule has 2 aromatic rings. The number of hydrogen-bond acceptors (Lipinski definition) is 2. The Morgan fingerprint density at radius 2 is 1.64 bits per heavy atom. The lowest BCUT2D eigenvalue weighted by atomic mass is 9.72. The Morgan fingerprint density at radius 1 is 1.00 bits per heavy atom. The van der Waals surface area contributed by atoms with Gasteiger partial charge in [-0.3, -0.25) is 4.90 Å². The average molecular weight is 393 g/mol. The van der Waals surface area contributed by atoms with Gasteiger partial charge in [0.2, 0.25) is 0 Å². The van der Waals surface area contributed by atoms with Crippen LogP contribution in [0, 0.1) is 5.82 Å². The van der Waals surface area contributed by atoms with Gasteiger partial charge >= 0.3 is 6.18 Å². The van der Waals surface area contributed by atoms with Gasteiger partial charge in [0.15, 0.2) is 0 Å². The molecule has 2 fully saturated rings. The zero-order valence-corrected chi connectivity index (χ0v) is 15.4. The topological polar surface area (TPSA) is 23.5 Å². The second kappa shape index (κ2) is 7.16. The van der Waals surface area contributed by atoms with E-state index in [2.05, 4.69) is 17.0 Å². The van der Waals surface area contributed by atoms with Gasteiger partial charge < -0.3 is 5.11 Å². The summed E-state index contributed by atoms with van der Waals surface area (Å²) in [7, 11) is 0. The van der Waals surface area contributed by atoms with Crippen LogP contribution in [0.4, 0.5) is 17.6 Å². The molecule has 1 N–H and O–H groups in total. The van der Waals surface area contributed by atoms with Crippen LogP contribution >= 0.6 is 0 Å². The van der Waals surface area contributed by atoms with Crippen LogP contribution in [0.15, 0.2) is 48.5 Å². The van der Waals surface area contributed by atoms with Gasteiger partial charge in [0.25, 0.3) is 0 Å². The molecule has 2 atom stereocenters. The summed E-state index contributed by atoms with van der Waals surface area (Å²) in [5.74, 6) is -1.32. The van der Waals surface area contributed by atoms with E-state index in [1.54, 1.807) is 0 Å². The Hall–Kier alpha value is -1.92. The fourth-order valence-electron chi connectivity index (χ4n) is 4.84. The minimum Gasteiger partial charge on any atom is -0.385 e. The first-order valence-electron chi connectivity index (χ1n) is 9.65. The molecule has 0 saturated carbocycles. The third-order valence-corrected chi connectivity index (χ3v) is 6.18. The van der Waals surface area contributed by atoms with E-state index >= 15 is 0 Å². The van der Waals surface area contributed by atoms with Crippen LogP contribution in [-0.2, 0) is 18.3 Å². The van der Waals surface area contributed by atoms with Gasteiger partial charge in [-0.15, -0.1) is 0 Å². The van der Waals surface area contributed by atoms with Crippen molar-refractivity contribution in [2.45, 2.75) is 62.5 Å². The number of fused-ring (bicyclic) bond motifs is 2. The molecule has 0 amide bonds. The van der Waals surface area contributed by atoms with Crippen LogP contribution in [0.25, 0.3) is 0 Å². The van der Waals surface area contributed by atoms with E-state index in [4.69, 9.17) is 0 Å². The lowest BCUT2D eigenvalue weighted by Gasteiger charge is -2.52. The molecule has 0 aromatic heterocycles. The molecule has 2 bridgehead atoms. The Balaban J connectivity index is 1.58. The maximum Gasteiger partial charge on any atom is 0.419 e. The maximum atomic E-state index is 14.1. The van der Waals surface area contributed by atoms with Crippen molar-refractivity contribution < 1.29 is 22.7 Å². The SMILES string of the molecule is OC1(c2ccc(C(F)(F)F)c(F)c2)CC2CCCC(C1)N2Cc1ccccc1. The van der Waals surface area contributed by atoms with Crippen LogP contribution in [0.1, 0.15) is 48.8 Å². The highest BCUT2D eigenvalue weighted by atomic mass is 19.4. The minimum atomic E-state index is -4.74. The summed E-state index contributed by atoms with van der Waals surface area (Å²) < 4.78 is 52.6. The van der Waals surface area contributed by atoms with Crippen molar-refractivity contribution >= 4 is 0 Å². The summed E-state index contributed by atoms with van der Waals surface area (Å²) in [5, 5.41) is 11.3. The van der Waals surface area contributed by atoms with Crippen LogP contribution in [-0.4, -0.2) is 22.1 Å². The Morgan fingerprint density at radius 3 is 2.21 bits per heavy atom. The van der Waals surface area contributed by atoms with Crippen molar-refractivity contribution in [1.82, 2.24) is 4.90 Å². The number of halogens is 4. The summed E-state index contributed by atoms with van der Waals surface area (Å²) >= 11 is 0. The first-order valence-corrected chi connectivity index (χ1v) is 9.65. The van der Waals surface area contributed by atoms with Crippen LogP contribution in [0.5, 0.6) is 0 Å². The smallest absolute Gasteiger partial charge is 0.385 e. The predicted molar refractivity (Wildman–Crippen MR) is 97.9 cm³/mol. The molecule has 150 valence electrons. The van der Waals surface area contributed by atoms with E-state index in [1.807, 2.05) is 18.2 Å². The molecule has 2 heterocycles. The molecular formula is C22H23F4NO. The molecule has 2 unspecified atom stereocenters. The molecule has 0 aliphatic carbocycles. The van der Waals surface area contributed by atoms with E-state index in [9.17, 15) is 22.7 Å². The fourth-order valence-corrected chi connectivity index (χ4v) is 4.84. The van der Waals surface area contributed by atoms with Gasteiger partial charge in [0, 0.05) is 18.6 Å². The number of piperidine rings is 2. The second-order valence-corrected chi connectivity index (χ2v) is 8.03. The van der Waals surface area contributed by atoms with E-state index in [-0.39, 0.29) is 17.6 Å². The summed E-state index contributed by atoms with van der Waals surface area (Å²) in [6.45, 7) is 0.785. The fraction of sp³-hybridized carbons (Fsp3) is 0.455. The van der Waals surface area contributed by atoms with Gasteiger partial charge in [-0.05, 0) is 48.9 Å². The first-order chi connectivity index (χ1) is 13.3. The minimum absolute atomic E-state index is 0.128. The number of nitrogens with zero attached hydrogens (tertiary/aromatic N) is 1. The van der Waals surface area contributed by atoms with Crippen LogP contribution < -0.4 is 0 Å². The molecule has 4 rings (SSSR count). The van der Waals surface area contributed by atoms with Crippen molar-refractivity contribution in [3.63, 3.8) is 0 Å². The maximum absolute atomic E-state index is 14.1. The van der Waals surface area contributed by atoms with E-state index in [0.29, 0.717) is 12.8 Å². The predicted octanol–water partition coefficient (Wildman–Crippen LogP) is 5.25. The molecule has 0 radical (unpaired) electrons. The zero-order chi connectivity index (χ0) is 19.9. The number of benzene rings is 2. The lowest BCUT2D eigenvalue weighted by Crippen LogP contribution is -2.56. The monoisotopic (exact) mass is 393 g/mol. The van der Waals surface area contributed by atoms with E-state index in [1.165, 1.54) is 11.6 Å². The van der Waals surface area contributed by atoms with E-state index in [0.717, 1.165) is 37.9 Å². The molecule has 28 heavy (non-hydrogen) atoms. The lowest BCUT2D eigenvalue weighted by molar-refractivity contribution is -0.140. The van der Waals surface area contributed by atoms with Gasteiger partial charge in [0.1, 0.15) is 5.82 Å². The van der Waals surface area contributed by atoms with Gasteiger partial charge in [-0.25, -0.2) is 4.39 Å². The van der Waals surface area contributed by atoms with E-state index < -0.39 is 23.2 Å². The van der Waals surface area contributed by atoms with Crippen molar-refractivity contribution in [3.05, 3.63) is 71.0 Å². The number of hydrogen-bond donors (Lipinski definition) is 1. The quantitative estimate of drug-likeness (QED) is 0.720. The standard InChI is InChI=1S/C22H23F4NO/c23-20-11-16(9-10-19(20)22(24,25)26)21(28)12-17-7-4-8-18(13-21)27(17)14-15-5-2-1-3-6-15/h1-3,5-6,9-11,17-18,28H,4,7-8,12-14H2. The van der Waals surface area contributed by atoms with Crippen molar-refractivity contribution in [2.75, 3.05) is 0 Å². The molecule has 2 aliphatic rings. The summed E-state index contributed by atoms with van der Waals surface area (Å²) in [6.07, 6.45) is -1.01. The highest BCUT2D eigenvalue weighted by Gasteiger charge is 2.46. The van der Waals surface area contributed by atoms with Crippen LogP contribution in [0.2, 0.25) is 0 Å². The molecule has 2 saturated heterocycles. The molecular weight excluding hydrogens is 370 g/mol. The average Bonchev–Trinajstić information content (AvgIpc) is 2.62. The van der Waals surface area contributed by atoms with Gasteiger partial charge in [-0.1, -0.05) is 42.8 Å². The Kier molecular flexibility index (Phi) is 4.96. The normalized spacial score (nSPS) is 28.3. The molecule has 2 nitrogen and oxygen atoms in total. The van der Waals surface area contributed by atoms with Crippen molar-refractivity contribution in [2.24, 2.45) is 0 Å². The van der Waals surface area contributed by atoms with Crippen LogP contribution in [0.3, 0.4) is 0 Å². The molecule has 2 aromatic carbocycles. The highest BCUT2D eigenvalue weighted by molar-refractivity contribution is 5.31. The molecule has 6 heteroatoms. The third-order valence-electron chi connectivity index (χ3n) is 6.18. The third kappa shape index (κ3) is 3.67. The summed E-state index contributed by atoms with van der Waals surface area (Å²) in [6, 6.07) is 13.2. The zero-order valence-electron chi connectivity index (χ0n) is 15.4. The Bertz CT molecular complexity index is 822. The van der Waals surface area contributed by atoms with Crippen molar-refractivity contribution in [1.29, 1.82) is 0 Å². The van der Waals surface area contributed by atoms with Gasteiger partial charge in [-0.2, -0.15) is 13.2 Å².